The lowest BCUT2D eigenvalue weighted by atomic mass is 9.88. The number of piperidine rings is 1. The third kappa shape index (κ3) is 6.02. The number of pyridine rings is 1. The number of benzene rings is 1. The number of hydrogen-bond donors (Lipinski definition) is 3. The van der Waals surface area contributed by atoms with Gasteiger partial charge >= 0.3 is 0 Å². The molecule has 0 bridgehead atoms. The molecule has 1 saturated carbocycles. The van der Waals surface area contributed by atoms with Crippen LogP contribution >= 0.6 is 0 Å². The van der Waals surface area contributed by atoms with Gasteiger partial charge in [-0.3, -0.25) is 0 Å². The van der Waals surface area contributed by atoms with E-state index in [0.29, 0.717) is 82.3 Å². The first kappa shape index (κ1) is 31.5. The number of likely N-dealkylation sites (N-methyl/N-ethyl adjacent to an activating group) is 1. The van der Waals surface area contributed by atoms with Gasteiger partial charge in [0, 0.05) is 45.0 Å². The van der Waals surface area contributed by atoms with Crippen LogP contribution in [0.4, 0.5) is 5.82 Å². The zero-order valence-corrected chi connectivity index (χ0v) is 26.4. The summed E-state index contributed by atoms with van der Waals surface area (Å²) in [6, 6.07) is 7.69. The summed E-state index contributed by atoms with van der Waals surface area (Å²) in [4.78, 5) is 6.49. The fraction of sp³-hybridized carbons (Fsp3) is 0.621. The van der Waals surface area contributed by atoms with Crippen molar-refractivity contribution in [2.24, 2.45) is 0 Å². The fourth-order valence-corrected chi connectivity index (χ4v) is 9.39. The first-order valence-corrected chi connectivity index (χ1v) is 17.9. The molecule has 1 unspecified atom stereocenters. The van der Waals surface area contributed by atoms with E-state index in [9.17, 15) is 27.0 Å². The number of nitrogens with one attached hydrogen (secondary N) is 1. The van der Waals surface area contributed by atoms with Crippen LogP contribution in [0.1, 0.15) is 32.1 Å². The molecule has 1 aliphatic carbocycles. The molecule has 2 saturated heterocycles. The Labute approximate surface area is 258 Å². The average molecular weight is 653 g/mol. The number of aromatic nitrogens is 1. The zero-order valence-electron chi connectivity index (χ0n) is 24.7. The quantitative estimate of drug-likeness (QED) is 0.309. The summed E-state index contributed by atoms with van der Waals surface area (Å²) in [7, 11) is -5.51. The van der Waals surface area contributed by atoms with Crippen molar-refractivity contribution in [2.75, 3.05) is 64.6 Å². The van der Waals surface area contributed by atoms with Gasteiger partial charge in [0.05, 0.1) is 35.0 Å². The number of aliphatic hydroxyl groups is 2. The summed E-state index contributed by atoms with van der Waals surface area (Å²) < 4.78 is 70.4. The molecule has 0 radical (unpaired) electrons. The van der Waals surface area contributed by atoms with Gasteiger partial charge in [0.2, 0.25) is 10.0 Å². The van der Waals surface area contributed by atoms with E-state index in [-0.39, 0.29) is 29.0 Å². The summed E-state index contributed by atoms with van der Waals surface area (Å²) in [5, 5.41) is 23.4. The summed E-state index contributed by atoms with van der Waals surface area (Å²) in [5.41, 5.74) is -0.426. The molecule has 242 valence electrons. The molecule has 0 amide bonds. The van der Waals surface area contributed by atoms with Gasteiger partial charge in [0.1, 0.15) is 30.0 Å². The largest absolute Gasteiger partial charge is 0.491 e. The Balaban J connectivity index is 0.966. The average Bonchev–Trinajstić information content (AvgIpc) is 3.75. The molecule has 44 heavy (non-hydrogen) atoms. The highest BCUT2D eigenvalue weighted by molar-refractivity contribution is 7.93. The van der Waals surface area contributed by atoms with Crippen LogP contribution in [-0.4, -0.2) is 118 Å². The smallest absolute Gasteiger partial charge is 0.244 e. The van der Waals surface area contributed by atoms with E-state index in [1.807, 2.05) is 11.9 Å². The van der Waals surface area contributed by atoms with Crippen LogP contribution < -0.4 is 19.7 Å². The highest BCUT2D eigenvalue weighted by atomic mass is 32.2. The van der Waals surface area contributed by atoms with Crippen molar-refractivity contribution >= 4 is 25.7 Å². The normalized spacial score (nSPS) is 23.6. The van der Waals surface area contributed by atoms with Gasteiger partial charge in [0.25, 0.3) is 0 Å². The molecule has 1 aromatic carbocycles. The van der Waals surface area contributed by atoms with Crippen LogP contribution in [0.25, 0.3) is 0 Å². The minimum atomic E-state index is -3.73. The highest BCUT2D eigenvalue weighted by Crippen LogP contribution is 2.46. The minimum Gasteiger partial charge on any atom is -0.491 e. The van der Waals surface area contributed by atoms with Crippen LogP contribution in [0, 0.1) is 0 Å². The van der Waals surface area contributed by atoms with Crippen molar-refractivity contribution in [1.82, 2.24) is 14.6 Å². The molecule has 3 N–H and O–H groups in total. The van der Waals surface area contributed by atoms with E-state index in [4.69, 9.17) is 14.2 Å². The first-order chi connectivity index (χ1) is 21.0. The molecular weight excluding hydrogens is 612 g/mol. The molecule has 3 aliphatic heterocycles. The van der Waals surface area contributed by atoms with Crippen molar-refractivity contribution in [1.29, 1.82) is 0 Å². The second kappa shape index (κ2) is 12.0. The van der Waals surface area contributed by atoms with E-state index < -0.39 is 42.9 Å². The lowest BCUT2D eigenvalue weighted by Crippen LogP contribution is -2.47. The summed E-state index contributed by atoms with van der Waals surface area (Å²) in [5.74, 6) is 1.43. The second-order valence-electron chi connectivity index (χ2n) is 12.3. The fourth-order valence-electron chi connectivity index (χ4n) is 6.15. The number of aliphatic hydroxyl groups excluding tert-OH is 2. The molecule has 1 aromatic heterocycles. The predicted molar refractivity (Wildman–Crippen MR) is 160 cm³/mol. The van der Waals surface area contributed by atoms with Crippen molar-refractivity contribution in [3.63, 3.8) is 0 Å². The number of hydrogen-bond acceptors (Lipinski definition) is 12. The first-order valence-electron chi connectivity index (χ1n) is 14.9. The van der Waals surface area contributed by atoms with E-state index in [1.165, 1.54) is 22.6 Å². The molecule has 4 heterocycles. The van der Waals surface area contributed by atoms with E-state index in [0.717, 1.165) is 0 Å². The maximum absolute atomic E-state index is 13.4. The van der Waals surface area contributed by atoms with Crippen LogP contribution in [-0.2, 0) is 24.6 Å². The van der Waals surface area contributed by atoms with Gasteiger partial charge < -0.3 is 34.6 Å². The third-order valence-electron chi connectivity index (χ3n) is 9.20. The standard InChI is InChI=1S/C29H40N4O9S2/c1-32-11-12-40-26-14-25(17-31-27(26)32)44(38,39)33-9-7-28(8-10-33)15-21(18-42-28)30-16-22(35)19-41-23-3-2-4-24(13-23)43(36,37)29(20-34)5-6-29/h2-4,13-14,17,21-22,30,34-35H,5-12,15-16,18-20H2,1H3/t21-,22?/m1/s1. The number of anilines is 1. The lowest BCUT2D eigenvalue weighted by Gasteiger charge is -2.38. The van der Waals surface area contributed by atoms with Crippen molar-refractivity contribution in [3.8, 4) is 11.5 Å². The molecule has 4 aliphatic rings. The topological polar surface area (TPSA) is 168 Å². The number of nitrogens with zero attached hydrogens (tertiary/aromatic N) is 3. The highest BCUT2D eigenvalue weighted by Gasteiger charge is 2.54. The van der Waals surface area contributed by atoms with Crippen LogP contribution in [0.2, 0.25) is 0 Å². The van der Waals surface area contributed by atoms with Gasteiger partial charge in [-0.2, -0.15) is 4.31 Å². The molecule has 15 heteroatoms. The Morgan fingerprint density at radius 3 is 2.61 bits per heavy atom. The molecule has 13 nitrogen and oxygen atoms in total. The van der Waals surface area contributed by atoms with E-state index in [2.05, 4.69) is 10.3 Å². The number of sulfone groups is 1. The van der Waals surface area contributed by atoms with E-state index in [1.54, 1.807) is 18.2 Å². The molecule has 2 atom stereocenters. The zero-order chi connectivity index (χ0) is 31.2. The van der Waals surface area contributed by atoms with Gasteiger partial charge in [-0.1, -0.05) is 6.07 Å². The Hall–Kier alpha value is -2.53. The predicted octanol–water partition coefficient (Wildman–Crippen LogP) is 0.551. The summed E-state index contributed by atoms with van der Waals surface area (Å²) in [6.45, 7) is 2.09. The van der Waals surface area contributed by atoms with Gasteiger partial charge in [-0.15, -0.1) is 0 Å². The number of ether oxygens (including phenoxy) is 3. The monoisotopic (exact) mass is 652 g/mol. The van der Waals surface area contributed by atoms with E-state index >= 15 is 0 Å². The molecule has 2 aromatic rings. The van der Waals surface area contributed by atoms with Crippen LogP contribution in [0.5, 0.6) is 11.5 Å². The number of sulfonamides is 1. The van der Waals surface area contributed by atoms with Crippen LogP contribution in [0.3, 0.4) is 0 Å². The maximum Gasteiger partial charge on any atom is 0.244 e. The van der Waals surface area contributed by atoms with Crippen LogP contribution in [0.15, 0.2) is 46.3 Å². The Morgan fingerprint density at radius 1 is 1.11 bits per heavy atom. The molecular formula is C29H40N4O9S2. The SMILES string of the molecule is CN1CCOc2cc(S(=O)(=O)N3CCC4(CC3)C[C@@H](NCC(O)COc3cccc(S(=O)(=O)C5(CO)CC5)c3)CO4)cnc21. The Morgan fingerprint density at radius 2 is 1.89 bits per heavy atom. The lowest BCUT2D eigenvalue weighted by molar-refractivity contribution is -0.0312. The number of rotatable bonds is 11. The Bertz CT molecular complexity index is 1570. The third-order valence-corrected chi connectivity index (χ3v) is 13.6. The second-order valence-corrected chi connectivity index (χ2v) is 16.5. The Kier molecular flexibility index (Phi) is 8.58. The summed E-state index contributed by atoms with van der Waals surface area (Å²) >= 11 is 0. The molecule has 1 spiro atoms. The van der Waals surface area contributed by atoms with Gasteiger partial charge in [0.15, 0.2) is 21.4 Å². The minimum absolute atomic E-state index is 0.00604. The molecule has 6 rings (SSSR count). The number of fused-ring (bicyclic) bond motifs is 1. The van der Waals surface area contributed by atoms with Gasteiger partial charge in [-0.05, 0) is 50.3 Å². The van der Waals surface area contributed by atoms with Crippen molar-refractivity contribution < 1.29 is 41.3 Å². The van der Waals surface area contributed by atoms with Gasteiger partial charge in [-0.25, -0.2) is 21.8 Å². The maximum atomic E-state index is 13.4. The van der Waals surface area contributed by atoms with Crippen molar-refractivity contribution in [2.45, 2.75) is 64.4 Å². The summed E-state index contributed by atoms with van der Waals surface area (Å²) in [6.07, 6.45) is 3.23. The van der Waals surface area contributed by atoms with Crippen molar-refractivity contribution in [3.05, 3.63) is 36.5 Å². The molecule has 3 fully saturated rings.